The molecule has 26 heavy (non-hydrogen) atoms. The molecule has 0 aromatic heterocycles. The van der Waals surface area contributed by atoms with Gasteiger partial charge in [-0.15, -0.1) is 0 Å². The highest BCUT2D eigenvalue weighted by Crippen LogP contribution is 2.53. The molecular weight excluding hydrogens is 345 g/mol. The van der Waals surface area contributed by atoms with Crippen molar-refractivity contribution in [2.24, 2.45) is 0 Å². The lowest BCUT2D eigenvalue weighted by Gasteiger charge is -2.37. The summed E-state index contributed by atoms with van der Waals surface area (Å²) in [6.07, 6.45) is 0. The molecule has 0 amide bonds. The average molecular weight is 371 g/mol. The molecule has 0 fully saturated rings. The SMILES string of the molecule is CN(C)P(=O)(N(C)C)N(C)CC(O)=C1c2ccccc2-c2ccccc21. The van der Waals surface area contributed by atoms with Crippen LogP contribution in [-0.4, -0.2) is 60.9 Å². The van der Waals surface area contributed by atoms with Crippen LogP contribution in [0, 0.1) is 0 Å². The lowest BCUT2D eigenvalue weighted by Crippen LogP contribution is -2.33. The maximum atomic E-state index is 13.4. The predicted octanol–water partition coefficient (Wildman–Crippen LogP) is 4.15. The highest BCUT2D eigenvalue weighted by Gasteiger charge is 2.35. The molecule has 0 atom stereocenters. The molecule has 0 saturated heterocycles. The third-order valence-electron chi connectivity index (χ3n) is 4.84. The molecule has 138 valence electrons. The highest BCUT2D eigenvalue weighted by atomic mass is 31.2. The Balaban J connectivity index is 2.07. The Morgan fingerprint density at radius 1 is 0.808 bits per heavy atom. The van der Waals surface area contributed by atoms with Gasteiger partial charge < -0.3 is 5.11 Å². The highest BCUT2D eigenvalue weighted by molar-refractivity contribution is 7.56. The largest absolute Gasteiger partial charge is 0.510 e. The molecule has 2 aromatic rings. The molecule has 6 heteroatoms. The maximum Gasteiger partial charge on any atom is 0.286 e. The Bertz CT molecular complexity index is 846. The Hall–Kier alpha value is -1.91. The first-order valence-corrected chi connectivity index (χ1v) is 10.1. The van der Waals surface area contributed by atoms with E-state index in [1.165, 1.54) is 0 Å². The first kappa shape index (κ1) is 18.9. The Morgan fingerprint density at radius 2 is 1.19 bits per heavy atom. The zero-order chi connectivity index (χ0) is 19.1. The lowest BCUT2D eigenvalue weighted by atomic mass is 10.0. The number of rotatable bonds is 5. The van der Waals surface area contributed by atoms with Crippen LogP contribution in [0.5, 0.6) is 0 Å². The van der Waals surface area contributed by atoms with E-state index in [0.29, 0.717) is 0 Å². The minimum absolute atomic E-state index is 0.200. The molecule has 0 bridgehead atoms. The van der Waals surface area contributed by atoms with E-state index in [9.17, 15) is 9.67 Å². The third kappa shape index (κ3) is 2.91. The maximum absolute atomic E-state index is 13.4. The molecule has 0 saturated carbocycles. The van der Waals surface area contributed by atoms with Crippen molar-refractivity contribution in [2.75, 3.05) is 41.8 Å². The average Bonchev–Trinajstić information content (AvgIpc) is 2.95. The number of hydrogen-bond donors (Lipinski definition) is 1. The fraction of sp³-hybridized carbons (Fsp3) is 0.300. The minimum atomic E-state index is -2.91. The van der Waals surface area contributed by atoms with E-state index < -0.39 is 7.59 Å². The molecule has 5 nitrogen and oxygen atoms in total. The van der Waals surface area contributed by atoms with Crippen molar-refractivity contribution >= 4 is 13.2 Å². The van der Waals surface area contributed by atoms with E-state index in [1.807, 2.05) is 36.4 Å². The van der Waals surface area contributed by atoms with Gasteiger partial charge in [0, 0.05) is 5.57 Å². The van der Waals surface area contributed by atoms with Gasteiger partial charge in [0.2, 0.25) is 0 Å². The van der Waals surface area contributed by atoms with Gasteiger partial charge in [-0.25, -0.2) is 14.0 Å². The second-order valence-electron chi connectivity index (χ2n) is 6.94. The van der Waals surface area contributed by atoms with Crippen molar-refractivity contribution in [3.05, 3.63) is 65.4 Å². The van der Waals surface area contributed by atoms with Crippen LogP contribution in [0.15, 0.2) is 54.3 Å². The number of fused-ring (bicyclic) bond motifs is 3. The summed E-state index contributed by atoms with van der Waals surface area (Å²) in [6, 6.07) is 16.2. The van der Waals surface area contributed by atoms with Crippen LogP contribution in [0.4, 0.5) is 0 Å². The van der Waals surface area contributed by atoms with E-state index in [4.69, 9.17) is 0 Å². The molecular formula is C20H26N3O2P. The van der Waals surface area contributed by atoms with Crippen LogP contribution in [0.25, 0.3) is 16.7 Å². The fourth-order valence-corrected chi connectivity index (χ4v) is 5.94. The summed E-state index contributed by atoms with van der Waals surface area (Å²) in [5.41, 5.74) is 5.10. The third-order valence-corrected chi connectivity index (χ3v) is 7.95. The van der Waals surface area contributed by atoms with Crippen molar-refractivity contribution in [3.63, 3.8) is 0 Å². The van der Waals surface area contributed by atoms with Crippen LogP contribution in [0.3, 0.4) is 0 Å². The van der Waals surface area contributed by atoms with E-state index in [-0.39, 0.29) is 12.3 Å². The lowest BCUT2D eigenvalue weighted by molar-refractivity contribution is 0.323. The Kier molecular flexibility index (Phi) is 5.09. The normalized spacial score (nSPS) is 13.5. The first-order chi connectivity index (χ1) is 12.3. The van der Waals surface area contributed by atoms with E-state index in [0.717, 1.165) is 27.8 Å². The monoisotopic (exact) mass is 371 g/mol. The molecule has 0 radical (unpaired) electrons. The minimum Gasteiger partial charge on any atom is -0.510 e. The number of hydrogen-bond acceptors (Lipinski definition) is 2. The second kappa shape index (κ2) is 7.01. The van der Waals surface area contributed by atoms with Gasteiger partial charge in [-0.2, -0.15) is 0 Å². The molecule has 3 rings (SSSR count). The van der Waals surface area contributed by atoms with Gasteiger partial charge in [-0.3, -0.25) is 4.57 Å². The molecule has 2 aromatic carbocycles. The summed E-state index contributed by atoms with van der Waals surface area (Å²) in [7, 11) is 6.04. The van der Waals surface area contributed by atoms with Gasteiger partial charge in [0.05, 0.1) is 6.54 Å². The van der Waals surface area contributed by atoms with Gasteiger partial charge in [0.1, 0.15) is 5.76 Å². The summed E-state index contributed by atoms with van der Waals surface area (Å²) in [5, 5.41) is 11.0. The van der Waals surface area contributed by atoms with Crippen LogP contribution in [0.2, 0.25) is 0 Å². The van der Waals surface area contributed by atoms with Crippen LogP contribution >= 0.6 is 7.59 Å². The van der Waals surface area contributed by atoms with Crippen molar-refractivity contribution < 1.29 is 9.67 Å². The number of aliphatic hydroxyl groups excluding tert-OH is 1. The standard InChI is InChI=1S/C20H26N3O2P/c1-21(2)26(25,22(3)4)23(5)14-19(24)20-17-12-8-6-10-15(17)16-11-7-9-13-18(16)20/h6-13,24H,14H2,1-5H3. The quantitative estimate of drug-likeness (QED) is 0.539. The van der Waals surface area contributed by atoms with Gasteiger partial charge in [0.15, 0.2) is 0 Å². The zero-order valence-electron chi connectivity index (χ0n) is 16.0. The smallest absolute Gasteiger partial charge is 0.286 e. The number of likely N-dealkylation sites (N-methyl/N-ethyl adjacent to an activating group) is 1. The summed E-state index contributed by atoms with van der Waals surface area (Å²) in [6.45, 7) is 0.200. The Morgan fingerprint density at radius 3 is 1.58 bits per heavy atom. The molecule has 1 N–H and O–H groups in total. The first-order valence-electron chi connectivity index (χ1n) is 8.57. The van der Waals surface area contributed by atoms with Crippen molar-refractivity contribution in [3.8, 4) is 11.1 Å². The van der Waals surface area contributed by atoms with Crippen LogP contribution in [-0.2, 0) is 4.57 Å². The van der Waals surface area contributed by atoms with Crippen molar-refractivity contribution in [1.82, 2.24) is 14.0 Å². The zero-order valence-corrected chi connectivity index (χ0v) is 16.9. The van der Waals surface area contributed by atoms with Gasteiger partial charge >= 0.3 is 0 Å². The van der Waals surface area contributed by atoms with Gasteiger partial charge in [-0.1, -0.05) is 48.5 Å². The molecule has 1 aliphatic carbocycles. The number of benzene rings is 2. The van der Waals surface area contributed by atoms with Crippen molar-refractivity contribution in [1.29, 1.82) is 0 Å². The van der Waals surface area contributed by atoms with E-state index in [1.54, 1.807) is 49.2 Å². The summed E-state index contributed by atoms with van der Waals surface area (Å²) in [5.74, 6) is 0.230. The number of aliphatic hydroxyl groups is 1. The van der Waals surface area contributed by atoms with E-state index in [2.05, 4.69) is 12.1 Å². The topological polar surface area (TPSA) is 47.0 Å². The van der Waals surface area contributed by atoms with Gasteiger partial charge in [-0.05, 0) is 57.5 Å². The van der Waals surface area contributed by atoms with E-state index >= 15 is 0 Å². The number of nitrogens with zero attached hydrogens (tertiary/aromatic N) is 3. The van der Waals surface area contributed by atoms with Crippen LogP contribution in [0.1, 0.15) is 11.1 Å². The summed E-state index contributed by atoms with van der Waals surface area (Å²) < 4.78 is 18.5. The molecule has 1 aliphatic rings. The molecule has 0 aliphatic heterocycles. The van der Waals surface area contributed by atoms with Crippen molar-refractivity contribution in [2.45, 2.75) is 0 Å². The molecule has 0 unspecified atom stereocenters. The summed E-state index contributed by atoms with van der Waals surface area (Å²) in [4.78, 5) is 0. The predicted molar refractivity (Wildman–Crippen MR) is 108 cm³/mol. The Labute approximate surface area is 155 Å². The summed E-state index contributed by atoms with van der Waals surface area (Å²) >= 11 is 0. The van der Waals surface area contributed by atoms with Gasteiger partial charge in [0.25, 0.3) is 7.59 Å². The second-order valence-corrected chi connectivity index (χ2v) is 10.2. The fourth-order valence-electron chi connectivity index (χ4n) is 3.68. The van der Waals surface area contributed by atoms with Crippen LogP contribution < -0.4 is 0 Å². The molecule has 0 heterocycles. The molecule has 0 spiro atoms.